The number of carbonyl (C=O) groups is 1. The Morgan fingerprint density at radius 1 is 1.04 bits per heavy atom. The van der Waals surface area contributed by atoms with E-state index < -0.39 is 0 Å². The number of rotatable bonds is 6. The number of hydrogen-bond acceptors (Lipinski definition) is 2. The quantitative estimate of drug-likeness (QED) is 0.736. The zero-order valence-corrected chi connectivity index (χ0v) is 15.6. The van der Waals surface area contributed by atoms with Crippen molar-refractivity contribution in [2.75, 3.05) is 18.5 Å². The molecule has 2 aromatic rings. The van der Waals surface area contributed by atoms with E-state index in [0.717, 1.165) is 23.4 Å². The van der Waals surface area contributed by atoms with Crippen molar-refractivity contribution in [2.24, 2.45) is 0 Å². The van der Waals surface area contributed by atoms with Crippen molar-refractivity contribution in [1.82, 2.24) is 5.32 Å². The standard InChI is InChI=1S/C21H28N2O2/c1-16-8-5-6-9-19(16)23-20(24)22-14-7-15-25-18-12-10-17(11-13-18)21(2,3)4/h5-6,8-13H,7,14-15H2,1-4H3,(H2,22,23,24). The van der Waals surface area contributed by atoms with Gasteiger partial charge in [0.15, 0.2) is 0 Å². The van der Waals surface area contributed by atoms with E-state index in [1.165, 1.54) is 5.56 Å². The first-order chi connectivity index (χ1) is 11.9. The van der Waals surface area contributed by atoms with Crippen LogP contribution in [0.15, 0.2) is 48.5 Å². The minimum atomic E-state index is -0.191. The summed E-state index contributed by atoms with van der Waals surface area (Å²) in [6.07, 6.45) is 0.752. The van der Waals surface area contributed by atoms with E-state index >= 15 is 0 Å². The molecule has 2 rings (SSSR count). The van der Waals surface area contributed by atoms with E-state index in [0.29, 0.717) is 13.2 Å². The number of carbonyl (C=O) groups excluding carboxylic acids is 1. The number of amides is 2. The molecule has 0 aromatic heterocycles. The predicted molar refractivity (Wildman–Crippen MR) is 103 cm³/mol. The minimum absolute atomic E-state index is 0.146. The lowest BCUT2D eigenvalue weighted by Gasteiger charge is -2.19. The number of nitrogens with one attached hydrogen (secondary N) is 2. The van der Waals surface area contributed by atoms with Gasteiger partial charge in [0.05, 0.1) is 6.61 Å². The van der Waals surface area contributed by atoms with Crippen LogP contribution in [0.1, 0.15) is 38.3 Å². The minimum Gasteiger partial charge on any atom is -0.494 e. The Kier molecular flexibility index (Phi) is 6.45. The predicted octanol–water partition coefficient (Wildman–Crippen LogP) is 4.88. The van der Waals surface area contributed by atoms with E-state index in [2.05, 4.69) is 43.5 Å². The van der Waals surface area contributed by atoms with Crippen LogP contribution in [0.2, 0.25) is 0 Å². The van der Waals surface area contributed by atoms with Gasteiger partial charge in [-0.2, -0.15) is 0 Å². The SMILES string of the molecule is Cc1ccccc1NC(=O)NCCCOc1ccc(C(C)(C)C)cc1. The van der Waals surface area contributed by atoms with Gasteiger partial charge in [0.1, 0.15) is 5.75 Å². The molecule has 0 radical (unpaired) electrons. The lowest BCUT2D eigenvalue weighted by atomic mass is 9.87. The molecule has 0 saturated carbocycles. The van der Waals surface area contributed by atoms with Gasteiger partial charge in [-0.05, 0) is 48.1 Å². The first-order valence-electron chi connectivity index (χ1n) is 8.70. The summed E-state index contributed by atoms with van der Waals surface area (Å²) in [5.74, 6) is 0.859. The first kappa shape index (κ1) is 18.8. The van der Waals surface area contributed by atoms with Crippen molar-refractivity contribution in [1.29, 1.82) is 0 Å². The Morgan fingerprint density at radius 2 is 1.72 bits per heavy atom. The summed E-state index contributed by atoms with van der Waals surface area (Å²) in [6, 6.07) is 15.7. The summed E-state index contributed by atoms with van der Waals surface area (Å²) < 4.78 is 5.72. The Hall–Kier alpha value is -2.49. The molecule has 0 unspecified atom stereocenters. The highest BCUT2D eigenvalue weighted by molar-refractivity contribution is 5.89. The highest BCUT2D eigenvalue weighted by Crippen LogP contribution is 2.24. The van der Waals surface area contributed by atoms with Crippen molar-refractivity contribution in [3.8, 4) is 5.75 Å². The third kappa shape index (κ3) is 6.14. The second kappa shape index (κ2) is 8.56. The van der Waals surface area contributed by atoms with Crippen molar-refractivity contribution in [2.45, 2.75) is 39.5 Å². The Labute approximate surface area is 150 Å². The highest BCUT2D eigenvalue weighted by atomic mass is 16.5. The van der Waals surface area contributed by atoms with Crippen LogP contribution in [0, 0.1) is 6.92 Å². The van der Waals surface area contributed by atoms with Gasteiger partial charge in [0.2, 0.25) is 0 Å². The number of hydrogen-bond donors (Lipinski definition) is 2. The van der Waals surface area contributed by atoms with Crippen molar-refractivity contribution < 1.29 is 9.53 Å². The monoisotopic (exact) mass is 340 g/mol. The Morgan fingerprint density at radius 3 is 2.36 bits per heavy atom. The molecule has 0 fully saturated rings. The molecule has 2 N–H and O–H groups in total. The third-order valence-electron chi connectivity index (χ3n) is 3.99. The molecule has 0 saturated heterocycles. The maximum atomic E-state index is 11.9. The number of aryl methyl sites for hydroxylation is 1. The zero-order chi connectivity index (χ0) is 18.3. The van der Waals surface area contributed by atoms with Gasteiger partial charge < -0.3 is 15.4 Å². The van der Waals surface area contributed by atoms with Crippen molar-refractivity contribution in [3.05, 3.63) is 59.7 Å². The van der Waals surface area contributed by atoms with Gasteiger partial charge in [0, 0.05) is 12.2 Å². The molecule has 4 heteroatoms. The summed E-state index contributed by atoms with van der Waals surface area (Å²) in [4.78, 5) is 11.9. The molecule has 25 heavy (non-hydrogen) atoms. The van der Waals surface area contributed by atoms with E-state index in [1.807, 2.05) is 43.3 Å². The molecule has 2 amide bonds. The fourth-order valence-electron chi connectivity index (χ4n) is 2.39. The average molecular weight is 340 g/mol. The summed E-state index contributed by atoms with van der Waals surface area (Å²) in [5.41, 5.74) is 3.30. The van der Waals surface area contributed by atoms with Gasteiger partial charge in [-0.1, -0.05) is 51.1 Å². The smallest absolute Gasteiger partial charge is 0.319 e. The maximum absolute atomic E-state index is 11.9. The summed E-state index contributed by atoms with van der Waals surface area (Å²) in [6.45, 7) is 9.68. The Bertz CT molecular complexity index is 688. The summed E-state index contributed by atoms with van der Waals surface area (Å²) in [7, 11) is 0. The van der Waals surface area contributed by atoms with Crippen LogP contribution in [-0.2, 0) is 5.41 Å². The molecule has 0 aliphatic heterocycles. The van der Waals surface area contributed by atoms with Gasteiger partial charge >= 0.3 is 6.03 Å². The number of para-hydroxylation sites is 1. The van der Waals surface area contributed by atoms with E-state index in [1.54, 1.807) is 0 Å². The van der Waals surface area contributed by atoms with Crippen molar-refractivity contribution >= 4 is 11.7 Å². The second-order valence-corrected chi connectivity index (χ2v) is 7.17. The second-order valence-electron chi connectivity index (χ2n) is 7.17. The zero-order valence-electron chi connectivity index (χ0n) is 15.6. The molecule has 0 heterocycles. The number of ether oxygens (including phenoxy) is 1. The van der Waals surface area contributed by atoms with E-state index in [-0.39, 0.29) is 11.4 Å². The van der Waals surface area contributed by atoms with Gasteiger partial charge in [-0.15, -0.1) is 0 Å². The van der Waals surface area contributed by atoms with E-state index in [4.69, 9.17) is 4.74 Å². The van der Waals surface area contributed by atoms with Gasteiger partial charge in [-0.25, -0.2) is 4.79 Å². The highest BCUT2D eigenvalue weighted by Gasteiger charge is 2.12. The largest absolute Gasteiger partial charge is 0.494 e. The Balaban J connectivity index is 1.66. The number of benzene rings is 2. The fourth-order valence-corrected chi connectivity index (χ4v) is 2.39. The molecular weight excluding hydrogens is 312 g/mol. The van der Waals surface area contributed by atoms with Gasteiger partial charge in [-0.3, -0.25) is 0 Å². The normalized spacial score (nSPS) is 11.0. The topological polar surface area (TPSA) is 50.4 Å². The first-order valence-corrected chi connectivity index (χ1v) is 8.70. The molecule has 4 nitrogen and oxygen atoms in total. The van der Waals surface area contributed by atoms with Crippen LogP contribution in [0.5, 0.6) is 5.75 Å². The number of anilines is 1. The van der Waals surface area contributed by atoms with Crippen LogP contribution >= 0.6 is 0 Å². The molecule has 2 aromatic carbocycles. The molecule has 0 aliphatic carbocycles. The van der Waals surface area contributed by atoms with Crippen LogP contribution in [0.3, 0.4) is 0 Å². The van der Waals surface area contributed by atoms with Gasteiger partial charge in [0.25, 0.3) is 0 Å². The summed E-state index contributed by atoms with van der Waals surface area (Å²) in [5, 5.41) is 5.69. The fraction of sp³-hybridized carbons (Fsp3) is 0.381. The molecule has 134 valence electrons. The van der Waals surface area contributed by atoms with Crippen LogP contribution in [0.4, 0.5) is 10.5 Å². The third-order valence-corrected chi connectivity index (χ3v) is 3.99. The van der Waals surface area contributed by atoms with Crippen molar-refractivity contribution in [3.63, 3.8) is 0 Å². The lowest BCUT2D eigenvalue weighted by molar-refractivity contribution is 0.250. The van der Waals surface area contributed by atoms with Crippen LogP contribution in [-0.4, -0.2) is 19.2 Å². The number of urea groups is 1. The summed E-state index contributed by atoms with van der Waals surface area (Å²) >= 11 is 0. The van der Waals surface area contributed by atoms with Crippen LogP contribution in [0.25, 0.3) is 0 Å². The molecular formula is C21H28N2O2. The maximum Gasteiger partial charge on any atom is 0.319 e. The molecule has 0 aliphatic rings. The molecule has 0 atom stereocenters. The molecule has 0 bridgehead atoms. The van der Waals surface area contributed by atoms with Crippen LogP contribution < -0.4 is 15.4 Å². The molecule has 0 spiro atoms. The lowest BCUT2D eigenvalue weighted by Crippen LogP contribution is -2.30. The average Bonchev–Trinajstić information content (AvgIpc) is 2.56. The van der Waals surface area contributed by atoms with E-state index in [9.17, 15) is 4.79 Å².